The van der Waals surface area contributed by atoms with E-state index in [1.165, 1.54) is 45.5 Å². The van der Waals surface area contributed by atoms with Crippen LogP contribution in [0.4, 0.5) is 119 Å². The van der Waals surface area contributed by atoms with Crippen molar-refractivity contribution >= 4 is 43.6 Å². The number of nitriles is 2. The molecule has 0 bridgehead atoms. The van der Waals surface area contributed by atoms with Crippen LogP contribution in [0.1, 0.15) is 61.2 Å². The molecule has 0 saturated heterocycles. The third-order valence-electron chi connectivity index (χ3n) is 17.9. The Labute approximate surface area is 587 Å². The molecule has 0 unspecified atom stereocenters. The molecule has 550 valence electrons. The molecule has 0 amide bonds. The van der Waals surface area contributed by atoms with Gasteiger partial charge in [-0.1, -0.05) is 48.5 Å². The van der Waals surface area contributed by atoms with Gasteiger partial charge in [-0.15, -0.1) is 0 Å². The Balaban J connectivity index is 1.15. The van der Waals surface area contributed by atoms with Gasteiger partial charge in [0.05, 0.1) is 107 Å². The van der Waals surface area contributed by atoms with Crippen LogP contribution in [-0.2, 0) is 55.6 Å². The van der Waals surface area contributed by atoms with Crippen molar-refractivity contribution in [3.8, 4) is 90.3 Å². The van der Waals surface area contributed by atoms with Crippen LogP contribution in [-0.4, -0.2) is 9.13 Å². The molecule has 0 spiro atoms. The highest BCUT2D eigenvalue weighted by Crippen LogP contribution is 2.50. The van der Waals surface area contributed by atoms with Gasteiger partial charge >= 0.3 is 55.6 Å². The summed E-state index contributed by atoms with van der Waals surface area (Å²) in [5.41, 5.74) is -23.0. The molecule has 4 nitrogen and oxygen atoms in total. The van der Waals surface area contributed by atoms with Crippen molar-refractivity contribution in [2.45, 2.75) is 55.6 Å². The summed E-state index contributed by atoms with van der Waals surface area (Å²) in [6, 6.07) is 27.7. The smallest absolute Gasteiger partial charge is 0.309 e. The lowest BCUT2D eigenvalue weighted by atomic mass is 9.93. The largest absolute Gasteiger partial charge is 0.416 e. The summed E-state index contributed by atoms with van der Waals surface area (Å²) in [5.74, 6) is 0. The fourth-order valence-corrected chi connectivity index (χ4v) is 13.0. The van der Waals surface area contributed by atoms with Gasteiger partial charge in [0, 0.05) is 32.7 Å². The summed E-state index contributed by atoms with van der Waals surface area (Å²) in [4.78, 5) is 0. The standard InChI is InChI=1S/C77H33F27N4/c78-69(79,80)47-7-10-56(46(24-47)35-106)41-2-9-58(68(29-41)108-65-13-5-39(44-20-52(74(93,94)95)32-53(21-44)75(96,97)98)27-61(65)62-28-40(6-14-66(62)108)45-22-54(76(99,100)101)33-55(23-45)77(102,103)104)57-8-1-36(34-105)15-67(57)107-63-11-3-37(42-16-48(70(81,82)83)30-49(17-42)71(84,85)86)25-59(63)60-26-38(4-12-64(60)107)43-18-50(72(87,88)89)31-51(19-43)73(90,91)92/h1-33H. The number of rotatable bonds is 8. The van der Waals surface area contributed by atoms with Crippen LogP contribution in [0, 0.1) is 22.7 Å². The maximum atomic E-state index is 14.5. The minimum Gasteiger partial charge on any atom is -0.309 e. The summed E-state index contributed by atoms with van der Waals surface area (Å²) in [5, 5.41) is 20.2. The molecule has 13 aromatic rings. The third-order valence-corrected chi connectivity index (χ3v) is 17.9. The summed E-state index contributed by atoms with van der Waals surface area (Å²) >= 11 is 0. The first-order valence-corrected chi connectivity index (χ1v) is 30.7. The van der Waals surface area contributed by atoms with Gasteiger partial charge in [-0.2, -0.15) is 129 Å². The monoisotopic (exact) mass is 1530 g/mol. The molecule has 0 saturated carbocycles. The fraction of sp³-hybridized carbons (Fsp3) is 0.117. The van der Waals surface area contributed by atoms with Crippen LogP contribution in [0.15, 0.2) is 200 Å². The fourth-order valence-electron chi connectivity index (χ4n) is 13.0. The molecule has 0 aliphatic rings. The summed E-state index contributed by atoms with van der Waals surface area (Å²) in [6.45, 7) is 0. The first-order valence-electron chi connectivity index (χ1n) is 30.7. The molecule has 13 rings (SSSR count). The molecule has 31 heteroatoms. The van der Waals surface area contributed by atoms with Crippen molar-refractivity contribution in [3.05, 3.63) is 261 Å². The quantitative estimate of drug-likeness (QED) is 0.142. The lowest BCUT2D eigenvalue weighted by molar-refractivity contribution is -0.144. The molecule has 0 radical (unpaired) electrons. The van der Waals surface area contributed by atoms with Gasteiger partial charge in [0.1, 0.15) is 0 Å². The van der Waals surface area contributed by atoms with Crippen molar-refractivity contribution in [1.29, 1.82) is 10.5 Å². The van der Waals surface area contributed by atoms with Gasteiger partial charge in [-0.05, 0) is 207 Å². The van der Waals surface area contributed by atoms with Crippen molar-refractivity contribution < 1.29 is 119 Å². The van der Waals surface area contributed by atoms with E-state index < -0.39 is 156 Å². The second-order valence-corrected chi connectivity index (χ2v) is 24.7. The van der Waals surface area contributed by atoms with E-state index >= 15 is 0 Å². The first-order chi connectivity index (χ1) is 50.1. The second-order valence-electron chi connectivity index (χ2n) is 24.7. The number of alkyl halides is 27. The van der Waals surface area contributed by atoms with Crippen LogP contribution in [0.5, 0.6) is 0 Å². The van der Waals surface area contributed by atoms with Crippen LogP contribution in [0.2, 0.25) is 0 Å². The molecular formula is C77H33F27N4. The van der Waals surface area contributed by atoms with Gasteiger partial charge in [0.2, 0.25) is 0 Å². The number of aromatic nitrogens is 2. The Morgan fingerprint density at radius 1 is 0.204 bits per heavy atom. The van der Waals surface area contributed by atoms with Gasteiger partial charge in [-0.3, -0.25) is 0 Å². The zero-order chi connectivity index (χ0) is 78.5. The Bertz CT molecular complexity index is 5550. The normalized spacial score (nSPS) is 13.1. The van der Waals surface area contributed by atoms with E-state index in [9.17, 15) is 129 Å². The summed E-state index contributed by atoms with van der Waals surface area (Å²) in [6.07, 6.45) is -48.5. The molecule has 0 N–H and O–H groups in total. The van der Waals surface area contributed by atoms with Crippen LogP contribution in [0.25, 0.3) is 122 Å². The van der Waals surface area contributed by atoms with E-state index in [0.29, 0.717) is 60.7 Å². The highest BCUT2D eigenvalue weighted by molar-refractivity contribution is 6.14. The minimum absolute atomic E-state index is 0.119. The molecule has 0 aliphatic heterocycles. The maximum absolute atomic E-state index is 14.5. The third kappa shape index (κ3) is 14.0. The van der Waals surface area contributed by atoms with Gasteiger partial charge < -0.3 is 9.13 Å². The second kappa shape index (κ2) is 25.4. The number of nitrogens with zero attached hydrogens (tertiary/aromatic N) is 4. The molecule has 11 aromatic carbocycles. The SMILES string of the molecule is N#Cc1ccc(-c2ccc(-c3ccc(C(F)(F)F)cc3C#N)cc2-n2c3ccc(-c4cc(C(F)(F)F)cc(C(F)(F)F)c4)cc3c3cc(-c4cc(C(F)(F)F)cc(C(F)(F)F)c4)ccc32)c(-n2c3ccc(-c4cc(C(F)(F)F)cc(C(F)(F)F)c4)cc3c3cc(-c4cc(C(F)(F)F)cc(C(F)(F)F)c4)ccc32)c1. The number of hydrogen-bond donors (Lipinski definition) is 0. The Morgan fingerprint density at radius 3 is 0.713 bits per heavy atom. The summed E-state index contributed by atoms with van der Waals surface area (Å²) < 4.78 is 393. The predicted molar refractivity (Wildman–Crippen MR) is 342 cm³/mol. The van der Waals surface area contributed by atoms with Crippen molar-refractivity contribution in [2.24, 2.45) is 0 Å². The van der Waals surface area contributed by atoms with Gasteiger partial charge in [-0.25, -0.2) is 0 Å². The average Bonchev–Trinajstić information content (AvgIpc) is 1.56. The van der Waals surface area contributed by atoms with Gasteiger partial charge in [0.25, 0.3) is 0 Å². The van der Waals surface area contributed by atoms with Crippen LogP contribution in [0.3, 0.4) is 0 Å². The number of fused-ring (bicyclic) bond motifs is 6. The molecule has 0 fully saturated rings. The molecular weight excluding hydrogens is 1490 g/mol. The predicted octanol–water partition coefficient (Wildman–Crippen LogP) is 26.8. The van der Waals surface area contributed by atoms with E-state index in [-0.39, 0.29) is 107 Å². The Kier molecular flexibility index (Phi) is 17.5. The van der Waals surface area contributed by atoms with Crippen molar-refractivity contribution in [1.82, 2.24) is 9.13 Å². The Morgan fingerprint density at radius 2 is 0.454 bits per heavy atom. The molecule has 2 heterocycles. The lowest BCUT2D eigenvalue weighted by Crippen LogP contribution is -2.11. The number of halogens is 27. The van der Waals surface area contributed by atoms with E-state index in [1.807, 2.05) is 6.07 Å². The first kappa shape index (κ1) is 74.4. The molecule has 0 aliphatic carbocycles. The molecule has 108 heavy (non-hydrogen) atoms. The average molecular weight is 1530 g/mol. The van der Waals surface area contributed by atoms with E-state index in [4.69, 9.17) is 0 Å². The zero-order valence-electron chi connectivity index (χ0n) is 53.0. The van der Waals surface area contributed by atoms with E-state index in [0.717, 1.165) is 78.9 Å². The lowest BCUT2D eigenvalue weighted by Gasteiger charge is -2.20. The van der Waals surface area contributed by atoms with Crippen LogP contribution >= 0.6 is 0 Å². The zero-order valence-corrected chi connectivity index (χ0v) is 53.0. The molecule has 2 aromatic heterocycles. The van der Waals surface area contributed by atoms with E-state index in [1.54, 1.807) is 6.07 Å². The topological polar surface area (TPSA) is 57.4 Å². The summed E-state index contributed by atoms with van der Waals surface area (Å²) in [7, 11) is 0. The Hall–Kier alpha value is -11.9. The highest BCUT2D eigenvalue weighted by atomic mass is 19.4. The minimum atomic E-state index is -5.44. The van der Waals surface area contributed by atoms with Crippen molar-refractivity contribution in [3.63, 3.8) is 0 Å². The highest BCUT2D eigenvalue weighted by Gasteiger charge is 2.42. The maximum Gasteiger partial charge on any atom is 0.416 e. The molecule has 0 atom stereocenters. The van der Waals surface area contributed by atoms with Gasteiger partial charge in [0.15, 0.2) is 0 Å². The van der Waals surface area contributed by atoms with Crippen LogP contribution < -0.4 is 0 Å². The van der Waals surface area contributed by atoms with Crippen molar-refractivity contribution in [2.75, 3.05) is 0 Å². The number of benzene rings is 11. The van der Waals surface area contributed by atoms with E-state index in [2.05, 4.69) is 0 Å². The number of hydrogen-bond acceptors (Lipinski definition) is 2.